The van der Waals surface area contributed by atoms with Crippen LogP contribution in [0.5, 0.6) is 5.75 Å². The van der Waals surface area contributed by atoms with E-state index in [4.69, 9.17) is 17.2 Å². The first-order valence-corrected chi connectivity index (χ1v) is 37.1. The van der Waals surface area contributed by atoms with Gasteiger partial charge in [-0.25, -0.2) is 9.78 Å². The molecule has 19 N–H and O–H groups in total. The summed E-state index contributed by atoms with van der Waals surface area (Å²) in [6, 6.07) is 8.47. The van der Waals surface area contributed by atoms with Gasteiger partial charge in [0.25, 0.3) is 0 Å². The van der Waals surface area contributed by atoms with Gasteiger partial charge < -0.3 is 100 Å². The van der Waals surface area contributed by atoms with Crippen LogP contribution in [0.3, 0.4) is 0 Å². The number of carboxylic acid groups (broad SMARTS) is 1. The molecule has 4 aromatic rings. The van der Waals surface area contributed by atoms with E-state index in [0.717, 1.165) is 0 Å². The van der Waals surface area contributed by atoms with E-state index in [2.05, 4.69) is 88.1 Å². The molecule has 109 heavy (non-hydrogen) atoms. The Morgan fingerprint density at radius 2 is 1.28 bits per heavy atom. The Morgan fingerprint density at radius 3 is 1.86 bits per heavy atom. The van der Waals surface area contributed by atoms with Crippen LogP contribution < -0.4 is 65.1 Å². The molecule has 0 spiro atoms. The number of hydrogen-bond acceptors (Lipinski definition) is 20. The number of H-pyrrole nitrogens is 1. The largest absolute Gasteiger partial charge is 0.508 e. The number of aromatic nitrogens is 2. The number of aliphatic imine (C=N–C) groups is 1. The van der Waals surface area contributed by atoms with Crippen LogP contribution in [0.25, 0.3) is 0 Å². The first kappa shape index (κ1) is 87.6. The van der Waals surface area contributed by atoms with Gasteiger partial charge in [0.15, 0.2) is 5.96 Å². The summed E-state index contributed by atoms with van der Waals surface area (Å²) in [4.78, 5) is 197. The Bertz CT molecular complexity index is 3790. The van der Waals surface area contributed by atoms with Crippen molar-refractivity contribution in [1.29, 1.82) is 0 Å². The van der Waals surface area contributed by atoms with E-state index in [-0.39, 0.29) is 94.4 Å². The van der Waals surface area contributed by atoms with Gasteiger partial charge in [0, 0.05) is 74.8 Å². The first-order chi connectivity index (χ1) is 51.6. The third-order valence-electron chi connectivity index (χ3n) is 18.4. The fourth-order valence-electron chi connectivity index (χ4n) is 12.4. The normalized spacial score (nSPS) is 17.1. The van der Waals surface area contributed by atoms with Crippen molar-refractivity contribution in [3.05, 3.63) is 120 Å². The zero-order valence-corrected chi connectivity index (χ0v) is 63.8. The number of aliphatic carboxylic acids is 1. The number of thiol groups is 2. The second-order valence-electron chi connectivity index (χ2n) is 28.2. The molecule has 2 fully saturated rings. The second-order valence-corrected chi connectivity index (χ2v) is 29.7. The average molecular weight is 1550 g/mol. The summed E-state index contributed by atoms with van der Waals surface area (Å²) < 4.78 is -1.36. The third kappa shape index (κ3) is 27.7. The lowest BCUT2D eigenvalue weighted by Gasteiger charge is -2.34. The number of imidazole rings is 1. The molecule has 34 nitrogen and oxygen atoms in total. The van der Waals surface area contributed by atoms with Crippen molar-refractivity contribution >= 4 is 108 Å². The van der Waals surface area contributed by atoms with Crippen LogP contribution in [0.15, 0.2) is 102 Å². The number of carbonyl (C=O) groups is 13. The van der Waals surface area contributed by atoms with Crippen molar-refractivity contribution in [2.75, 3.05) is 45.5 Å². The van der Waals surface area contributed by atoms with E-state index in [1.165, 1.54) is 67.2 Å². The minimum absolute atomic E-state index is 0.0355. The highest BCUT2D eigenvalue weighted by Gasteiger charge is 2.43. The maximum absolute atomic E-state index is 14.7. The summed E-state index contributed by atoms with van der Waals surface area (Å²) in [6.07, 6.45) is 2.72. The minimum Gasteiger partial charge on any atom is -0.508 e. The number of amides is 12. The van der Waals surface area contributed by atoms with Crippen molar-refractivity contribution in [2.24, 2.45) is 28.1 Å². The van der Waals surface area contributed by atoms with Crippen LogP contribution in [0.2, 0.25) is 0 Å². The number of likely N-dealkylation sites (tertiary alicyclic amines) is 2. The Kier molecular flexibility index (Phi) is 34.1. The summed E-state index contributed by atoms with van der Waals surface area (Å²) in [5, 5.41) is 54.1. The first-order valence-electron chi connectivity index (χ1n) is 36.1. The van der Waals surface area contributed by atoms with Crippen molar-refractivity contribution in [1.82, 2.24) is 72.5 Å². The number of aliphatic hydroxyl groups is 1. The van der Waals surface area contributed by atoms with Crippen molar-refractivity contribution in [2.45, 2.75) is 189 Å². The number of carboxylic acids is 1. The van der Waals surface area contributed by atoms with E-state index in [1.807, 2.05) is 13.8 Å². The summed E-state index contributed by atoms with van der Waals surface area (Å²) >= 11 is 8.63. The number of phenolic OH excluding ortho intramolecular Hbond substituents is 1. The lowest BCUT2D eigenvalue weighted by atomic mass is 9.99. The number of carbonyl (C=O) groups excluding carboxylic acids is 12. The summed E-state index contributed by atoms with van der Waals surface area (Å²) in [7, 11) is 1.39. The lowest BCUT2D eigenvalue weighted by Crippen LogP contribution is -2.63. The third-order valence-corrected chi connectivity index (χ3v) is 19.0. The number of nitrogens with one attached hydrogen (secondary N) is 10. The molecule has 12 amide bonds. The number of aromatic amines is 1. The van der Waals surface area contributed by atoms with Crippen LogP contribution in [0, 0.1) is 5.92 Å². The standard InChI is InChI=1S/C73H104N18O16S2/c1-41(2)31-56(66(101)85-53(34-45-24-26-47(93)27-25-45)70(105)91-30-16-23-55(91)65(100)86-54(39-108)71(106)107)89(6)58(95)38-90-29-14-13-22-49(69(90)104)82-62(97)50(32-43-17-9-7-10-18-43)84-63(98)52(35-46-36-77-40-80-46)81-57(94)37-79-67(102)59(42(3)92)87-68(103)60(73(4,5)109)88-64(99)51(33-44-19-11-8-12-20-44)83-61(96)48(74)21-15-28-78-72(75)76/h7-12,17-20,24-27,36,40-42,48-56,59-60,92-93,108-109H,13-16,21-23,28-35,37-39,74H2,1-6H3,(H,77,80)(H,79,102)(H,81,94)(H,82,97)(H,83,96)(H,84,98)(H,85,101)(H,86,100)(H,87,103)(H,88,99)(H,106,107)(H4,75,76,78). The number of rotatable bonds is 40. The fourth-order valence-corrected chi connectivity index (χ4v) is 12.8. The number of phenols is 1. The zero-order chi connectivity index (χ0) is 80.2. The van der Waals surface area contributed by atoms with Crippen LogP contribution in [0.1, 0.15) is 108 Å². The number of nitrogens with two attached hydrogens (primary N) is 3. The van der Waals surface area contributed by atoms with Gasteiger partial charge in [-0.05, 0) is 107 Å². The van der Waals surface area contributed by atoms with Gasteiger partial charge >= 0.3 is 5.97 Å². The van der Waals surface area contributed by atoms with Crippen LogP contribution in [0.4, 0.5) is 0 Å². The highest BCUT2D eigenvalue weighted by Crippen LogP contribution is 2.24. The summed E-state index contributed by atoms with van der Waals surface area (Å²) in [5.74, 6) is -11.5. The van der Waals surface area contributed by atoms with E-state index < -0.39 is 167 Å². The van der Waals surface area contributed by atoms with Gasteiger partial charge in [0.2, 0.25) is 70.9 Å². The quantitative estimate of drug-likeness (QED) is 0.00967. The van der Waals surface area contributed by atoms with Gasteiger partial charge in [0.1, 0.15) is 66.2 Å². The number of benzene rings is 3. The summed E-state index contributed by atoms with van der Waals surface area (Å²) in [5.41, 5.74) is 19.1. The monoisotopic (exact) mass is 1550 g/mol. The van der Waals surface area contributed by atoms with E-state index in [0.29, 0.717) is 48.1 Å². The zero-order valence-electron chi connectivity index (χ0n) is 62.0. The number of aromatic hydroxyl groups is 1. The predicted molar refractivity (Wildman–Crippen MR) is 408 cm³/mol. The maximum atomic E-state index is 14.7. The molecule has 12 unspecified atom stereocenters. The fraction of sp³-hybridized carbons (Fsp3) is 0.521. The number of nitrogens with zero attached hydrogens (tertiary/aromatic N) is 5. The number of guanidine groups is 1. The number of hydrogen-bond donors (Lipinski definition) is 18. The predicted octanol–water partition coefficient (Wildman–Crippen LogP) is -2.26. The summed E-state index contributed by atoms with van der Waals surface area (Å²) in [6.45, 7) is 6.86. The topological polar surface area (TPSA) is 520 Å². The molecule has 2 aliphatic rings. The van der Waals surface area contributed by atoms with Crippen molar-refractivity contribution < 1.29 is 77.6 Å². The van der Waals surface area contributed by atoms with Gasteiger partial charge in [-0.15, -0.1) is 0 Å². The molecule has 36 heteroatoms. The highest BCUT2D eigenvalue weighted by molar-refractivity contribution is 7.81. The second kappa shape index (κ2) is 42.4. The Labute approximate surface area is 643 Å². The van der Waals surface area contributed by atoms with E-state index >= 15 is 0 Å². The van der Waals surface area contributed by atoms with Gasteiger partial charge in [0.05, 0.1) is 31.6 Å². The molecule has 0 saturated carbocycles. The molecule has 1 aromatic heterocycles. The highest BCUT2D eigenvalue weighted by atomic mass is 32.1. The molecule has 12 atom stereocenters. The molecule has 0 aliphatic carbocycles. The maximum Gasteiger partial charge on any atom is 0.327 e. The van der Waals surface area contributed by atoms with Gasteiger partial charge in [-0.2, -0.15) is 25.3 Å². The van der Waals surface area contributed by atoms with Crippen LogP contribution in [-0.4, -0.2) is 246 Å². The Balaban J connectivity index is 1.13. The Hall–Kier alpha value is -10.3. The molecule has 3 aromatic carbocycles. The number of aliphatic hydroxyl groups excluding tert-OH is 1. The molecule has 2 saturated heterocycles. The molecule has 0 bridgehead atoms. The minimum atomic E-state index is -1.76. The van der Waals surface area contributed by atoms with Crippen LogP contribution >= 0.6 is 25.3 Å². The van der Waals surface area contributed by atoms with E-state index in [1.54, 1.807) is 72.8 Å². The Morgan fingerprint density at radius 1 is 0.697 bits per heavy atom. The molecular formula is C73H104N18O16S2. The van der Waals surface area contributed by atoms with E-state index in [9.17, 15) is 77.6 Å². The SMILES string of the molecule is CC(C)CC(C(=O)NC(Cc1ccc(O)cc1)C(=O)N1CCCC1C(=O)NC(CS)C(=O)O)N(C)C(=O)CN1CCCCC(NC(=O)C(Cc2ccccc2)NC(=O)C(Cc2cnc[nH]2)NC(=O)CNC(=O)C(NC(=O)C(NC(=O)C(Cc2ccccc2)NC(=O)C(N)CCCN=C(N)N)C(C)(C)S)C(C)O)C1=O. The van der Waals surface area contributed by atoms with Gasteiger partial charge in [-0.3, -0.25) is 62.5 Å². The smallest absolute Gasteiger partial charge is 0.327 e. The molecule has 0 radical (unpaired) electrons. The molecule has 6 rings (SSSR count). The van der Waals surface area contributed by atoms with Crippen molar-refractivity contribution in [3.63, 3.8) is 0 Å². The van der Waals surface area contributed by atoms with Crippen LogP contribution in [-0.2, 0) is 88.0 Å². The lowest BCUT2D eigenvalue weighted by molar-refractivity contribution is -0.146. The molecule has 594 valence electrons. The van der Waals surface area contributed by atoms with Gasteiger partial charge in [-0.1, -0.05) is 86.6 Å². The number of likely N-dealkylation sites (N-methyl/N-ethyl adjacent to an activating group) is 1. The molecule has 3 heterocycles. The average Bonchev–Trinajstić information content (AvgIpc) is 1.79. The molecule has 2 aliphatic heterocycles. The van der Waals surface area contributed by atoms with Crippen molar-refractivity contribution in [3.8, 4) is 5.75 Å². The molecular weight excluding hydrogens is 1450 g/mol.